The van der Waals surface area contributed by atoms with Crippen molar-refractivity contribution in [1.29, 1.82) is 0 Å². The van der Waals surface area contributed by atoms with E-state index in [0.29, 0.717) is 6.54 Å². The SMILES string of the molecule is C/C(=N\N(Cc1ccccc1)c1ccccc1)c1ccco1. The molecule has 0 N–H and O–H groups in total. The first-order valence-corrected chi connectivity index (χ1v) is 7.28. The van der Waals surface area contributed by atoms with Crippen molar-refractivity contribution >= 4 is 11.4 Å². The van der Waals surface area contributed by atoms with E-state index in [1.54, 1.807) is 6.26 Å². The molecule has 3 heteroatoms. The van der Waals surface area contributed by atoms with E-state index in [2.05, 4.69) is 24.3 Å². The van der Waals surface area contributed by atoms with E-state index in [-0.39, 0.29) is 0 Å². The summed E-state index contributed by atoms with van der Waals surface area (Å²) in [6.45, 7) is 2.67. The number of benzene rings is 2. The zero-order valence-electron chi connectivity index (χ0n) is 12.5. The second-order valence-corrected chi connectivity index (χ2v) is 5.04. The summed E-state index contributed by atoms with van der Waals surface area (Å²) in [5.74, 6) is 0.786. The Morgan fingerprint density at radius 2 is 1.59 bits per heavy atom. The molecule has 0 aliphatic heterocycles. The predicted octanol–water partition coefficient (Wildman–Crippen LogP) is 4.71. The van der Waals surface area contributed by atoms with Crippen molar-refractivity contribution in [2.45, 2.75) is 13.5 Å². The van der Waals surface area contributed by atoms with Crippen LogP contribution in [0.4, 0.5) is 5.69 Å². The van der Waals surface area contributed by atoms with Gasteiger partial charge in [-0.25, -0.2) is 0 Å². The zero-order chi connectivity index (χ0) is 15.2. The molecule has 0 saturated heterocycles. The number of hydrazone groups is 1. The van der Waals surface area contributed by atoms with Crippen LogP contribution in [0.3, 0.4) is 0 Å². The van der Waals surface area contributed by atoms with Crippen LogP contribution in [0.2, 0.25) is 0 Å². The van der Waals surface area contributed by atoms with Gasteiger partial charge in [-0.1, -0.05) is 48.5 Å². The molecule has 3 nitrogen and oxygen atoms in total. The summed E-state index contributed by atoms with van der Waals surface area (Å²) in [5, 5.41) is 6.73. The number of furan rings is 1. The normalized spacial score (nSPS) is 11.4. The summed E-state index contributed by atoms with van der Waals surface area (Å²) in [6, 6.07) is 24.3. The summed E-state index contributed by atoms with van der Waals surface area (Å²) in [5.41, 5.74) is 3.12. The van der Waals surface area contributed by atoms with Gasteiger partial charge in [0.25, 0.3) is 0 Å². The van der Waals surface area contributed by atoms with Crippen LogP contribution in [-0.4, -0.2) is 5.71 Å². The molecule has 1 aromatic heterocycles. The predicted molar refractivity (Wildman–Crippen MR) is 90.0 cm³/mol. The van der Waals surface area contributed by atoms with Crippen molar-refractivity contribution in [2.24, 2.45) is 5.10 Å². The molecule has 22 heavy (non-hydrogen) atoms. The maximum absolute atomic E-state index is 5.42. The molecule has 3 aromatic rings. The Balaban J connectivity index is 1.91. The van der Waals surface area contributed by atoms with E-state index in [0.717, 1.165) is 17.2 Å². The van der Waals surface area contributed by atoms with Crippen molar-refractivity contribution < 1.29 is 4.42 Å². The molecule has 3 rings (SSSR count). The van der Waals surface area contributed by atoms with Crippen LogP contribution < -0.4 is 5.01 Å². The number of anilines is 1. The molecule has 0 bridgehead atoms. The highest BCUT2D eigenvalue weighted by Gasteiger charge is 2.08. The molecule has 0 amide bonds. The van der Waals surface area contributed by atoms with Gasteiger partial charge in [0.2, 0.25) is 0 Å². The molecule has 0 atom stereocenters. The van der Waals surface area contributed by atoms with Gasteiger partial charge in [0.05, 0.1) is 18.5 Å². The van der Waals surface area contributed by atoms with Crippen LogP contribution in [0.25, 0.3) is 0 Å². The minimum Gasteiger partial charge on any atom is -0.463 e. The standard InChI is InChI=1S/C19H18N2O/c1-16(19-13-8-14-22-19)20-21(18-11-6-3-7-12-18)15-17-9-4-2-5-10-17/h2-14H,15H2,1H3/b20-16+. The van der Waals surface area contributed by atoms with Gasteiger partial charge in [-0.15, -0.1) is 0 Å². The van der Waals surface area contributed by atoms with Crippen LogP contribution in [0.1, 0.15) is 18.2 Å². The van der Waals surface area contributed by atoms with Gasteiger partial charge in [-0.3, -0.25) is 5.01 Å². The monoisotopic (exact) mass is 290 g/mol. The van der Waals surface area contributed by atoms with Gasteiger partial charge in [-0.2, -0.15) is 5.10 Å². The summed E-state index contributed by atoms with van der Waals surface area (Å²) < 4.78 is 5.42. The lowest BCUT2D eigenvalue weighted by molar-refractivity contribution is 0.556. The van der Waals surface area contributed by atoms with Crippen LogP contribution in [0.5, 0.6) is 0 Å². The number of hydrogen-bond acceptors (Lipinski definition) is 3. The first kappa shape index (κ1) is 14.1. The van der Waals surface area contributed by atoms with Gasteiger partial charge in [0.15, 0.2) is 0 Å². The lowest BCUT2D eigenvalue weighted by atomic mass is 10.2. The first-order valence-electron chi connectivity index (χ1n) is 7.28. The van der Waals surface area contributed by atoms with E-state index in [9.17, 15) is 0 Å². The lowest BCUT2D eigenvalue weighted by Crippen LogP contribution is -2.18. The van der Waals surface area contributed by atoms with E-state index >= 15 is 0 Å². The molecule has 110 valence electrons. The van der Waals surface area contributed by atoms with E-state index in [1.165, 1.54) is 5.56 Å². The Kier molecular flexibility index (Phi) is 4.35. The van der Waals surface area contributed by atoms with Crippen molar-refractivity contribution in [1.82, 2.24) is 0 Å². The summed E-state index contributed by atoms with van der Waals surface area (Å²) in [4.78, 5) is 0. The van der Waals surface area contributed by atoms with Gasteiger partial charge in [0.1, 0.15) is 11.5 Å². The molecule has 0 aliphatic carbocycles. The topological polar surface area (TPSA) is 28.7 Å². The van der Waals surface area contributed by atoms with Gasteiger partial charge in [-0.05, 0) is 36.8 Å². The Morgan fingerprint density at radius 1 is 0.909 bits per heavy atom. The van der Waals surface area contributed by atoms with Crippen LogP contribution in [0.15, 0.2) is 88.6 Å². The molecule has 0 fully saturated rings. The highest BCUT2D eigenvalue weighted by Crippen LogP contribution is 2.18. The third kappa shape index (κ3) is 3.44. The zero-order valence-corrected chi connectivity index (χ0v) is 12.5. The Morgan fingerprint density at radius 3 is 2.23 bits per heavy atom. The number of para-hydroxylation sites is 1. The highest BCUT2D eigenvalue weighted by atomic mass is 16.3. The minimum atomic E-state index is 0.711. The third-order valence-electron chi connectivity index (χ3n) is 3.38. The van der Waals surface area contributed by atoms with Crippen LogP contribution in [0, 0.1) is 0 Å². The summed E-state index contributed by atoms with van der Waals surface area (Å²) in [6.07, 6.45) is 1.67. The quantitative estimate of drug-likeness (QED) is 0.503. The average molecular weight is 290 g/mol. The maximum atomic E-state index is 5.42. The Labute approximate surface area is 130 Å². The largest absolute Gasteiger partial charge is 0.463 e. The number of rotatable bonds is 5. The van der Waals surface area contributed by atoms with Crippen molar-refractivity contribution in [3.63, 3.8) is 0 Å². The summed E-state index contributed by atoms with van der Waals surface area (Å²) >= 11 is 0. The molecule has 1 heterocycles. The van der Waals surface area contributed by atoms with E-state index in [1.807, 2.05) is 60.5 Å². The molecular formula is C19H18N2O. The summed E-state index contributed by atoms with van der Waals surface area (Å²) in [7, 11) is 0. The molecule has 2 aromatic carbocycles. The molecule has 0 saturated carbocycles. The van der Waals surface area contributed by atoms with Crippen molar-refractivity contribution in [3.05, 3.63) is 90.4 Å². The number of nitrogens with zero attached hydrogens (tertiary/aromatic N) is 2. The highest BCUT2D eigenvalue weighted by molar-refractivity contribution is 5.96. The fourth-order valence-electron chi connectivity index (χ4n) is 2.26. The minimum absolute atomic E-state index is 0.711. The van der Waals surface area contributed by atoms with Gasteiger partial charge in [0, 0.05) is 0 Å². The molecule has 0 radical (unpaired) electrons. The fraction of sp³-hybridized carbons (Fsp3) is 0.105. The Bertz CT molecular complexity index is 719. The lowest BCUT2D eigenvalue weighted by Gasteiger charge is -2.20. The molecule has 0 aliphatic rings. The molecular weight excluding hydrogens is 272 g/mol. The second-order valence-electron chi connectivity index (χ2n) is 5.04. The number of hydrogen-bond donors (Lipinski definition) is 0. The molecule has 0 spiro atoms. The van der Waals surface area contributed by atoms with E-state index < -0.39 is 0 Å². The molecule has 0 unspecified atom stereocenters. The van der Waals surface area contributed by atoms with Crippen LogP contribution >= 0.6 is 0 Å². The van der Waals surface area contributed by atoms with Gasteiger partial charge >= 0.3 is 0 Å². The third-order valence-corrected chi connectivity index (χ3v) is 3.38. The fourth-order valence-corrected chi connectivity index (χ4v) is 2.26. The maximum Gasteiger partial charge on any atom is 0.149 e. The van der Waals surface area contributed by atoms with Crippen molar-refractivity contribution in [3.8, 4) is 0 Å². The first-order chi connectivity index (χ1) is 10.8. The van der Waals surface area contributed by atoms with Gasteiger partial charge < -0.3 is 4.42 Å². The Hall–Kier alpha value is -2.81. The second kappa shape index (κ2) is 6.76. The van der Waals surface area contributed by atoms with E-state index in [4.69, 9.17) is 9.52 Å². The smallest absolute Gasteiger partial charge is 0.149 e. The van der Waals surface area contributed by atoms with Crippen molar-refractivity contribution in [2.75, 3.05) is 5.01 Å². The average Bonchev–Trinajstić information content (AvgIpc) is 3.11. The van der Waals surface area contributed by atoms with Crippen LogP contribution in [-0.2, 0) is 6.54 Å².